The number of thiophene rings is 1. The Morgan fingerprint density at radius 1 is 1.44 bits per heavy atom. The molecule has 5 heteroatoms. The number of carbonyl (C=O) groups is 1. The minimum absolute atomic E-state index is 0.294. The SMILES string of the molecule is COc1cc2sc(COC=O)cc2cc1Cl. The summed E-state index contributed by atoms with van der Waals surface area (Å²) < 4.78 is 10.9. The Morgan fingerprint density at radius 2 is 2.25 bits per heavy atom. The lowest BCUT2D eigenvalue weighted by Gasteiger charge is -2.01. The number of rotatable bonds is 4. The average molecular weight is 257 g/mol. The van der Waals surface area contributed by atoms with Crippen LogP contribution in [-0.2, 0) is 16.1 Å². The topological polar surface area (TPSA) is 35.5 Å². The van der Waals surface area contributed by atoms with E-state index in [2.05, 4.69) is 0 Å². The first-order chi connectivity index (χ1) is 7.74. The second-order valence-electron chi connectivity index (χ2n) is 3.14. The molecule has 1 aromatic carbocycles. The van der Waals surface area contributed by atoms with Gasteiger partial charge >= 0.3 is 0 Å². The molecule has 0 saturated heterocycles. The summed E-state index contributed by atoms with van der Waals surface area (Å²) in [4.78, 5) is 11.1. The molecule has 0 atom stereocenters. The van der Waals surface area contributed by atoms with Crippen LogP contribution in [-0.4, -0.2) is 13.6 Å². The Bertz CT molecular complexity index is 521. The lowest BCUT2D eigenvalue weighted by atomic mass is 10.2. The fraction of sp³-hybridized carbons (Fsp3) is 0.182. The highest BCUT2D eigenvalue weighted by molar-refractivity contribution is 7.19. The van der Waals surface area contributed by atoms with Gasteiger partial charge in [0.15, 0.2) is 0 Å². The summed E-state index contributed by atoms with van der Waals surface area (Å²) in [6.45, 7) is 0.737. The Hall–Kier alpha value is -1.26. The zero-order chi connectivity index (χ0) is 11.5. The van der Waals surface area contributed by atoms with Gasteiger partial charge in [0, 0.05) is 9.58 Å². The fourth-order valence-corrected chi connectivity index (χ4v) is 2.69. The predicted molar refractivity (Wildman–Crippen MR) is 64.2 cm³/mol. The zero-order valence-electron chi connectivity index (χ0n) is 8.53. The van der Waals surface area contributed by atoms with Crippen LogP contribution in [0.4, 0.5) is 0 Å². The summed E-state index contributed by atoms with van der Waals surface area (Å²) in [5.74, 6) is 0.652. The van der Waals surface area contributed by atoms with Crippen molar-refractivity contribution in [1.29, 1.82) is 0 Å². The number of hydrogen-bond acceptors (Lipinski definition) is 4. The van der Waals surface area contributed by atoms with Gasteiger partial charge in [-0.3, -0.25) is 4.79 Å². The molecule has 0 aliphatic carbocycles. The summed E-state index contributed by atoms with van der Waals surface area (Å²) in [7, 11) is 1.58. The Labute approximate surface area is 102 Å². The van der Waals surface area contributed by atoms with Crippen molar-refractivity contribution in [1.82, 2.24) is 0 Å². The molecular weight excluding hydrogens is 248 g/mol. The number of halogens is 1. The van der Waals surface area contributed by atoms with Gasteiger partial charge in [0.2, 0.25) is 0 Å². The van der Waals surface area contributed by atoms with Gasteiger partial charge < -0.3 is 9.47 Å². The van der Waals surface area contributed by atoms with Crippen LogP contribution < -0.4 is 4.74 Å². The number of hydrogen-bond donors (Lipinski definition) is 0. The van der Waals surface area contributed by atoms with Crippen molar-refractivity contribution in [3.05, 3.63) is 28.1 Å². The molecule has 16 heavy (non-hydrogen) atoms. The molecule has 0 bridgehead atoms. The molecule has 1 heterocycles. The maximum atomic E-state index is 10.1. The van der Waals surface area contributed by atoms with E-state index in [1.807, 2.05) is 18.2 Å². The second kappa shape index (κ2) is 4.72. The molecule has 3 nitrogen and oxygen atoms in total. The molecule has 0 N–H and O–H groups in total. The Balaban J connectivity index is 2.41. The minimum Gasteiger partial charge on any atom is -0.495 e. The average Bonchev–Trinajstić information content (AvgIpc) is 2.66. The van der Waals surface area contributed by atoms with Gasteiger partial charge in [0.05, 0.1) is 12.1 Å². The van der Waals surface area contributed by atoms with Crippen LogP contribution in [0.3, 0.4) is 0 Å². The maximum Gasteiger partial charge on any atom is 0.293 e. The first-order valence-corrected chi connectivity index (χ1v) is 5.75. The molecule has 0 fully saturated rings. The van der Waals surface area contributed by atoms with E-state index in [1.54, 1.807) is 18.4 Å². The lowest BCUT2D eigenvalue weighted by Crippen LogP contribution is -1.84. The van der Waals surface area contributed by atoms with Gasteiger partial charge in [-0.1, -0.05) is 11.6 Å². The molecular formula is C11H9ClO3S. The summed E-state index contributed by atoms with van der Waals surface area (Å²) in [5.41, 5.74) is 0. The van der Waals surface area contributed by atoms with E-state index in [4.69, 9.17) is 21.1 Å². The Morgan fingerprint density at radius 3 is 2.94 bits per heavy atom. The highest BCUT2D eigenvalue weighted by Crippen LogP contribution is 2.34. The van der Waals surface area contributed by atoms with Gasteiger partial charge in [0.25, 0.3) is 6.47 Å². The lowest BCUT2D eigenvalue weighted by molar-refractivity contribution is -0.129. The van der Waals surface area contributed by atoms with Crippen LogP contribution in [0.15, 0.2) is 18.2 Å². The molecule has 0 saturated carbocycles. The summed E-state index contributed by atoms with van der Waals surface area (Å²) >= 11 is 7.56. The van der Waals surface area contributed by atoms with E-state index >= 15 is 0 Å². The molecule has 0 unspecified atom stereocenters. The van der Waals surface area contributed by atoms with E-state index < -0.39 is 0 Å². The van der Waals surface area contributed by atoms with E-state index in [0.717, 1.165) is 15.0 Å². The third kappa shape index (κ3) is 2.13. The molecule has 1 aromatic heterocycles. The van der Waals surface area contributed by atoms with Gasteiger partial charge in [-0.15, -0.1) is 11.3 Å². The fourth-order valence-electron chi connectivity index (χ4n) is 1.44. The number of carbonyl (C=O) groups excluding carboxylic acids is 1. The van der Waals surface area contributed by atoms with Crippen LogP contribution in [0.2, 0.25) is 5.02 Å². The van der Waals surface area contributed by atoms with Crippen molar-refractivity contribution in [3.63, 3.8) is 0 Å². The number of fused-ring (bicyclic) bond motifs is 1. The quantitative estimate of drug-likeness (QED) is 0.788. The molecule has 84 valence electrons. The van der Waals surface area contributed by atoms with Crippen LogP contribution in [0.5, 0.6) is 5.75 Å². The highest BCUT2D eigenvalue weighted by Gasteiger charge is 2.07. The highest BCUT2D eigenvalue weighted by atomic mass is 35.5. The van der Waals surface area contributed by atoms with Gasteiger partial charge in [-0.2, -0.15) is 0 Å². The summed E-state index contributed by atoms with van der Waals surface area (Å²) in [6.07, 6.45) is 0. The first kappa shape index (κ1) is 11.2. The molecule has 0 radical (unpaired) electrons. The van der Waals surface area contributed by atoms with Gasteiger partial charge in [-0.05, 0) is 23.6 Å². The normalized spacial score (nSPS) is 10.4. The van der Waals surface area contributed by atoms with Crippen molar-refractivity contribution < 1.29 is 14.3 Å². The monoisotopic (exact) mass is 256 g/mol. The number of methoxy groups -OCH3 is 1. The molecule has 0 amide bonds. The van der Waals surface area contributed by atoms with Crippen molar-refractivity contribution in [2.75, 3.05) is 7.11 Å². The van der Waals surface area contributed by atoms with Crippen LogP contribution in [0, 0.1) is 0 Å². The smallest absolute Gasteiger partial charge is 0.293 e. The largest absolute Gasteiger partial charge is 0.495 e. The van der Waals surface area contributed by atoms with Crippen molar-refractivity contribution in [2.24, 2.45) is 0 Å². The van der Waals surface area contributed by atoms with E-state index in [9.17, 15) is 4.79 Å². The van der Waals surface area contributed by atoms with Crippen LogP contribution in [0.25, 0.3) is 10.1 Å². The van der Waals surface area contributed by atoms with Crippen LogP contribution in [0.1, 0.15) is 4.88 Å². The van der Waals surface area contributed by atoms with Gasteiger partial charge in [0.1, 0.15) is 12.4 Å². The Kier molecular flexibility index (Phi) is 3.31. The van der Waals surface area contributed by atoms with E-state index in [1.165, 1.54) is 0 Å². The molecule has 0 spiro atoms. The standard InChI is InChI=1S/C11H9ClO3S/c1-14-10-4-11-7(3-9(10)12)2-8(16-11)5-15-6-13/h2-4,6H,5H2,1H3. The van der Waals surface area contributed by atoms with Crippen molar-refractivity contribution in [3.8, 4) is 5.75 Å². The molecule has 2 aromatic rings. The predicted octanol–water partition coefficient (Wildman–Crippen LogP) is 3.24. The summed E-state index contributed by atoms with van der Waals surface area (Å²) in [6, 6.07) is 5.68. The maximum absolute atomic E-state index is 10.1. The zero-order valence-corrected chi connectivity index (χ0v) is 10.1. The molecule has 0 aliphatic rings. The van der Waals surface area contributed by atoms with E-state index in [-0.39, 0.29) is 0 Å². The van der Waals surface area contributed by atoms with Crippen LogP contribution >= 0.6 is 22.9 Å². The third-order valence-corrected chi connectivity index (χ3v) is 3.50. The number of benzene rings is 1. The molecule has 2 rings (SSSR count). The number of ether oxygens (including phenoxy) is 2. The second-order valence-corrected chi connectivity index (χ2v) is 4.72. The molecule has 0 aliphatic heterocycles. The minimum atomic E-state index is 0.294. The van der Waals surface area contributed by atoms with Crippen molar-refractivity contribution in [2.45, 2.75) is 6.61 Å². The third-order valence-electron chi connectivity index (χ3n) is 2.14. The van der Waals surface area contributed by atoms with E-state index in [0.29, 0.717) is 23.9 Å². The first-order valence-electron chi connectivity index (χ1n) is 4.56. The van der Waals surface area contributed by atoms with Gasteiger partial charge in [-0.25, -0.2) is 0 Å². The van der Waals surface area contributed by atoms with Crippen molar-refractivity contribution >= 4 is 39.5 Å². The summed E-state index contributed by atoms with van der Waals surface area (Å²) in [5, 5.41) is 1.61.